The Kier molecular flexibility index (Phi) is 6.40. The third-order valence-corrected chi connectivity index (χ3v) is 2.74. The van der Waals surface area contributed by atoms with Gasteiger partial charge in [-0.05, 0) is 31.4 Å². The van der Waals surface area contributed by atoms with Crippen molar-refractivity contribution in [1.29, 1.82) is 0 Å². The minimum absolute atomic E-state index is 0.144. The number of aliphatic hydroxyl groups is 1. The molecular formula is C13H21NO3. The number of hydrogen-bond acceptors (Lipinski definition) is 3. The quantitative estimate of drug-likeness (QED) is 0.704. The monoisotopic (exact) mass is 239 g/mol. The smallest absolute Gasteiger partial charge is 0.222 e. The third-order valence-electron chi connectivity index (χ3n) is 2.74. The van der Waals surface area contributed by atoms with E-state index in [9.17, 15) is 4.79 Å². The molecule has 96 valence electrons. The summed E-state index contributed by atoms with van der Waals surface area (Å²) in [5.74, 6) is 0.998. The number of amides is 1. The lowest BCUT2D eigenvalue weighted by Crippen LogP contribution is -2.27. The number of rotatable bonds is 8. The van der Waals surface area contributed by atoms with Crippen molar-refractivity contribution in [2.75, 3.05) is 20.2 Å². The molecule has 1 N–H and O–H groups in total. The molecule has 0 spiro atoms. The highest BCUT2D eigenvalue weighted by Gasteiger charge is 2.09. The van der Waals surface area contributed by atoms with Crippen LogP contribution < -0.4 is 0 Å². The average molecular weight is 239 g/mol. The van der Waals surface area contributed by atoms with Crippen LogP contribution in [-0.2, 0) is 11.2 Å². The maximum Gasteiger partial charge on any atom is 0.222 e. The summed E-state index contributed by atoms with van der Waals surface area (Å²) in [4.78, 5) is 13.5. The van der Waals surface area contributed by atoms with Gasteiger partial charge in [0.1, 0.15) is 5.76 Å². The van der Waals surface area contributed by atoms with Gasteiger partial charge in [-0.1, -0.05) is 0 Å². The van der Waals surface area contributed by atoms with Crippen molar-refractivity contribution >= 4 is 5.91 Å². The van der Waals surface area contributed by atoms with Gasteiger partial charge in [0.15, 0.2) is 0 Å². The Hall–Kier alpha value is -1.29. The summed E-state index contributed by atoms with van der Waals surface area (Å²) in [7, 11) is 1.82. The highest BCUT2D eigenvalue weighted by molar-refractivity contribution is 5.76. The number of aryl methyl sites for hydroxylation is 1. The van der Waals surface area contributed by atoms with Gasteiger partial charge in [0.2, 0.25) is 5.91 Å². The predicted molar refractivity (Wildman–Crippen MR) is 65.6 cm³/mol. The van der Waals surface area contributed by atoms with Gasteiger partial charge in [-0.2, -0.15) is 0 Å². The van der Waals surface area contributed by atoms with Gasteiger partial charge in [0, 0.05) is 33.0 Å². The van der Waals surface area contributed by atoms with E-state index in [0.29, 0.717) is 12.8 Å². The van der Waals surface area contributed by atoms with E-state index >= 15 is 0 Å². The lowest BCUT2D eigenvalue weighted by Gasteiger charge is -2.16. The normalized spacial score (nSPS) is 10.5. The second-order valence-electron chi connectivity index (χ2n) is 4.18. The fourth-order valence-electron chi connectivity index (χ4n) is 1.64. The molecule has 4 heteroatoms. The molecule has 0 saturated carbocycles. The summed E-state index contributed by atoms with van der Waals surface area (Å²) in [6.07, 6.45) is 5.50. The van der Waals surface area contributed by atoms with Gasteiger partial charge in [0.25, 0.3) is 0 Å². The zero-order chi connectivity index (χ0) is 12.5. The van der Waals surface area contributed by atoms with Crippen LogP contribution in [0.25, 0.3) is 0 Å². The van der Waals surface area contributed by atoms with E-state index in [1.54, 1.807) is 11.2 Å². The molecule has 1 aromatic heterocycles. The maximum atomic E-state index is 11.7. The first kappa shape index (κ1) is 13.8. The fraction of sp³-hybridized carbons (Fsp3) is 0.615. The van der Waals surface area contributed by atoms with Gasteiger partial charge >= 0.3 is 0 Å². The van der Waals surface area contributed by atoms with Crippen LogP contribution in [0.5, 0.6) is 0 Å². The van der Waals surface area contributed by atoms with Crippen LogP contribution in [0.15, 0.2) is 22.8 Å². The van der Waals surface area contributed by atoms with Gasteiger partial charge in [-0.3, -0.25) is 4.79 Å². The Morgan fingerprint density at radius 2 is 2.24 bits per heavy atom. The molecule has 1 aromatic rings. The first-order valence-electron chi connectivity index (χ1n) is 6.11. The van der Waals surface area contributed by atoms with Crippen molar-refractivity contribution in [2.24, 2.45) is 0 Å². The Balaban J connectivity index is 2.13. The van der Waals surface area contributed by atoms with Crippen molar-refractivity contribution < 1.29 is 14.3 Å². The van der Waals surface area contributed by atoms with Crippen molar-refractivity contribution in [3.63, 3.8) is 0 Å². The molecule has 0 saturated heterocycles. The number of unbranched alkanes of at least 4 members (excludes halogenated alkanes) is 2. The molecule has 0 aromatic carbocycles. The largest absolute Gasteiger partial charge is 0.469 e. The number of hydrogen-bond donors (Lipinski definition) is 1. The summed E-state index contributed by atoms with van der Waals surface area (Å²) < 4.78 is 5.18. The minimum atomic E-state index is 0.144. The molecule has 1 heterocycles. The lowest BCUT2D eigenvalue weighted by atomic mass is 10.2. The molecule has 0 aliphatic heterocycles. The molecule has 0 radical (unpaired) electrons. The van der Waals surface area contributed by atoms with Crippen molar-refractivity contribution in [2.45, 2.75) is 32.1 Å². The molecule has 1 amide bonds. The first-order chi connectivity index (χ1) is 8.24. The number of carbonyl (C=O) groups is 1. The van der Waals surface area contributed by atoms with Crippen LogP contribution in [-0.4, -0.2) is 36.1 Å². The van der Waals surface area contributed by atoms with Crippen LogP contribution in [0, 0.1) is 0 Å². The molecule has 0 aliphatic rings. The third kappa shape index (κ3) is 5.54. The predicted octanol–water partition coefficient (Wildman–Crippen LogP) is 1.83. The highest BCUT2D eigenvalue weighted by atomic mass is 16.3. The van der Waals surface area contributed by atoms with Crippen LogP contribution in [0.1, 0.15) is 31.4 Å². The standard InChI is InChI=1S/C13H21NO3/c1-14(9-3-2-4-10-15)13(16)8-7-12-6-5-11-17-12/h5-6,11,15H,2-4,7-10H2,1H3. The second kappa shape index (κ2) is 7.90. The van der Waals surface area contributed by atoms with Crippen molar-refractivity contribution in [1.82, 2.24) is 4.90 Å². The van der Waals surface area contributed by atoms with Crippen LogP contribution in [0.2, 0.25) is 0 Å². The Morgan fingerprint density at radius 3 is 2.88 bits per heavy atom. The van der Waals surface area contributed by atoms with Gasteiger partial charge in [-0.25, -0.2) is 0 Å². The molecule has 4 nitrogen and oxygen atoms in total. The number of furan rings is 1. The van der Waals surface area contributed by atoms with E-state index in [2.05, 4.69) is 0 Å². The Bertz CT molecular complexity index is 308. The minimum Gasteiger partial charge on any atom is -0.469 e. The van der Waals surface area contributed by atoms with E-state index in [1.807, 2.05) is 19.2 Å². The van der Waals surface area contributed by atoms with E-state index in [4.69, 9.17) is 9.52 Å². The molecule has 0 unspecified atom stereocenters. The maximum absolute atomic E-state index is 11.7. The number of nitrogens with zero attached hydrogens (tertiary/aromatic N) is 1. The Labute approximate surface area is 102 Å². The van der Waals surface area contributed by atoms with E-state index in [0.717, 1.165) is 31.6 Å². The molecule has 0 aliphatic carbocycles. The second-order valence-corrected chi connectivity index (χ2v) is 4.18. The number of carbonyl (C=O) groups excluding carboxylic acids is 1. The summed E-state index contributed by atoms with van der Waals surface area (Å²) in [5, 5.41) is 8.64. The average Bonchev–Trinajstić information content (AvgIpc) is 2.84. The van der Waals surface area contributed by atoms with Gasteiger partial charge in [0.05, 0.1) is 6.26 Å². The SMILES string of the molecule is CN(CCCCCO)C(=O)CCc1ccco1. The van der Waals surface area contributed by atoms with E-state index in [-0.39, 0.29) is 12.5 Å². The van der Waals surface area contributed by atoms with Gasteiger partial charge in [-0.15, -0.1) is 0 Å². The molecule has 17 heavy (non-hydrogen) atoms. The summed E-state index contributed by atoms with van der Waals surface area (Å²) in [6.45, 7) is 0.993. The summed E-state index contributed by atoms with van der Waals surface area (Å²) in [5.41, 5.74) is 0. The summed E-state index contributed by atoms with van der Waals surface area (Å²) in [6, 6.07) is 3.72. The van der Waals surface area contributed by atoms with Crippen LogP contribution in [0.3, 0.4) is 0 Å². The zero-order valence-corrected chi connectivity index (χ0v) is 10.4. The topological polar surface area (TPSA) is 53.7 Å². The van der Waals surface area contributed by atoms with Crippen molar-refractivity contribution in [3.8, 4) is 0 Å². The van der Waals surface area contributed by atoms with Gasteiger partial charge < -0.3 is 14.4 Å². The zero-order valence-electron chi connectivity index (χ0n) is 10.4. The molecule has 0 atom stereocenters. The van der Waals surface area contributed by atoms with Crippen LogP contribution in [0.4, 0.5) is 0 Å². The van der Waals surface area contributed by atoms with Crippen LogP contribution >= 0.6 is 0 Å². The fourth-order valence-corrected chi connectivity index (χ4v) is 1.64. The summed E-state index contributed by atoms with van der Waals surface area (Å²) >= 11 is 0. The molecule has 0 bridgehead atoms. The number of aliphatic hydroxyl groups excluding tert-OH is 1. The lowest BCUT2D eigenvalue weighted by molar-refractivity contribution is -0.130. The highest BCUT2D eigenvalue weighted by Crippen LogP contribution is 2.06. The van der Waals surface area contributed by atoms with E-state index < -0.39 is 0 Å². The Morgan fingerprint density at radius 1 is 1.41 bits per heavy atom. The molecular weight excluding hydrogens is 218 g/mol. The van der Waals surface area contributed by atoms with E-state index in [1.165, 1.54) is 0 Å². The first-order valence-corrected chi connectivity index (χ1v) is 6.11. The molecule has 0 fully saturated rings. The van der Waals surface area contributed by atoms with Crippen molar-refractivity contribution in [3.05, 3.63) is 24.2 Å². The molecule has 1 rings (SSSR count).